The zero-order chi connectivity index (χ0) is 16.7. The molecule has 6 heteroatoms. The van der Waals surface area contributed by atoms with Crippen molar-refractivity contribution >= 4 is 17.0 Å². The van der Waals surface area contributed by atoms with Gasteiger partial charge in [0.2, 0.25) is 0 Å². The van der Waals surface area contributed by atoms with Crippen LogP contribution in [0.5, 0.6) is 0 Å². The quantitative estimate of drug-likeness (QED) is 0.688. The van der Waals surface area contributed by atoms with Gasteiger partial charge in [0.05, 0.1) is 18.1 Å². The molecular weight excluding hydrogens is 306 g/mol. The summed E-state index contributed by atoms with van der Waals surface area (Å²) >= 11 is 0. The number of carbonyl (C=O) groups is 1. The van der Waals surface area contributed by atoms with Crippen LogP contribution in [0.2, 0.25) is 0 Å². The van der Waals surface area contributed by atoms with E-state index in [0.717, 1.165) is 24.1 Å². The molecule has 0 saturated heterocycles. The number of aromatic nitrogens is 2. The first-order valence-electron chi connectivity index (χ1n) is 7.87. The normalized spacial score (nSPS) is 14.1. The Balaban J connectivity index is 1.95. The fourth-order valence-electron chi connectivity index (χ4n) is 2.77. The van der Waals surface area contributed by atoms with Gasteiger partial charge in [0.25, 0.3) is 11.6 Å². The second-order valence-corrected chi connectivity index (χ2v) is 5.93. The molecule has 2 aromatic heterocycles. The first-order chi connectivity index (χ1) is 11.7. The fraction of sp³-hybridized carbons (Fsp3) is 0.278. The summed E-state index contributed by atoms with van der Waals surface area (Å²) in [5, 5.41) is 5.99. The Kier molecular flexibility index (Phi) is 3.54. The Morgan fingerprint density at radius 3 is 2.71 bits per heavy atom. The minimum atomic E-state index is -0.243. The van der Waals surface area contributed by atoms with E-state index >= 15 is 0 Å². The third kappa shape index (κ3) is 2.45. The first-order valence-corrected chi connectivity index (χ1v) is 7.87. The molecule has 1 aliphatic rings. The lowest BCUT2D eigenvalue weighted by Crippen LogP contribution is -2.25. The molecule has 3 aromatic rings. The molecule has 1 fully saturated rings. The number of hydrogen-bond acceptors (Lipinski definition) is 5. The van der Waals surface area contributed by atoms with E-state index < -0.39 is 0 Å². The van der Waals surface area contributed by atoms with Crippen molar-refractivity contribution in [3.63, 3.8) is 0 Å². The van der Waals surface area contributed by atoms with Crippen LogP contribution in [-0.2, 0) is 4.84 Å². The molecule has 24 heavy (non-hydrogen) atoms. The van der Waals surface area contributed by atoms with Gasteiger partial charge in [-0.3, -0.25) is 9.63 Å². The summed E-state index contributed by atoms with van der Waals surface area (Å²) in [5.74, 6) is 0.159. The Labute approximate surface area is 139 Å². The van der Waals surface area contributed by atoms with Crippen molar-refractivity contribution in [1.82, 2.24) is 15.2 Å². The summed E-state index contributed by atoms with van der Waals surface area (Å²) in [6.45, 7) is 0. The first kappa shape index (κ1) is 14.8. The van der Waals surface area contributed by atoms with Crippen molar-refractivity contribution in [3.05, 3.63) is 47.7 Å². The van der Waals surface area contributed by atoms with Crippen LogP contribution in [0.3, 0.4) is 0 Å². The number of amides is 1. The lowest BCUT2D eigenvalue weighted by molar-refractivity contribution is -0.0755. The molecule has 0 N–H and O–H groups in total. The maximum Gasteiger partial charge on any atom is 0.278 e. The number of carbonyl (C=O) groups excluding carboxylic acids is 1. The number of rotatable bonds is 4. The summed E-state index contributed by atoms with van der Waals surface area (Å²) in [5.41, 5.74) is 3.28. The summed E-state index contributed by atoms with van der Waals surface area (Å²) < 4.78 is 5.45. The molecule has 0 aliphatic heterocycles. The van der Waals surface area contributed by atoms with Crippen LogP contribution in [0, 0.1) is 0 Å². The maximum absolute atomic E-state index is 12.8. The monoisotopic (exact) mass is 323 g/mol. The topological polar surface area (TPSA) is 68.5 Å². The molecule has 0 radical (unpaired) electrons. The van der Waals surface area contributed by atoms with Crippen LogP contribution >= 0.6 is 0 Å². The van der Waals surface area contributed by atoms with E-state index in [9.17, 15) is 4.79 Å². The van der Waals surface area contributed by atoms with E-state index in [0.29, 0.717) is 28.3 Å². The molecule has 0 unspecified atom stereocenters. The maximum atomic E-state index is 12.8. The van der Waals surface area contributed by atoms with E-state index in [2.05, 4.69) is 10.1 Å². The highest BCUT2D eigenvalue weighted by molar-refractivity contribution is 6.09. The van der Waals surface area contributed by atoms with Gasteiger partial charge in [-0.2, -0.15) is 0 Å². The SMILES string of the molecule is CON(C)C(=O)c1cc(C2CC2)nc2onc(-c3ccccc3)c12. The molecule has 1 saturated carbocycles. The number of hydrogen-bond donors (Lipinski definition) is 0. The summed E-state index contributed by atoms with van der Waals surface area (Å²) in [4.78, 5) is 22.4. The van der Waals surface area contributed by atoms with Gasteiger partial charge >= 0.3 is 0 Å². The zero-order valence-electron chi connectivity index (χ0n) is 13.5. The third-order valence-electron chi connectivity index (χ3n) is 4.30. The molecule has 1 aromatic carbocycles. The predicted octanol–water partition coefficient (Wildman–Crippen LogP) is 3.40. The van der Waals surface area contributed by atoms with Crippen LogP contribution in [0.1, 0.15) is 34.8 Å². The summed E-state index contributed by atoms with van der Waals surface area (Å²) in [7, 11) is 3.05. The third-order valence-corrected chi connectivity index (χ3v) is 4.30. The highest BCUT2D eigenvalue weighted by atomic mass is 16.7. The zero-order valence-corrected chi connectivity index (χ0v) is 13.5. The van der Waals surface area contributed by atoms with E-state index in [-0.39, 0.29) is 5.91 Å². The molecule has 0 spiro atoms. The van der Waals surface area contributed by atoms with Gasteiger partial charge in [0.1, 0.15) is 5.69 Å². The minimum Gasteiger partial charge on any atom is -0.335 e. The van der Waals surface area contributed by atoms with Gasteiger partial charge in [0.15, 0.2) is 0 Å². The lowest BCUT2D eigenvalue weighted by Gasteiger charge is -2.14. The fourth-order valence-corrected chi connectivity index (χ4v) is 2.77. The van der Waals surface area contributed by atoms with Gasteiger partial charge in [-0.1, -0.05) is 35.5 Å². The highest BCUT2D eigenvalue weighted by Crippen LogP contribution is 2.41. The molecular formula is C18H17N3O3. The Morgan fingerprint density at radius 1 is 1.29 bits per heavy atom. The van der Waals surface area contributed by atoms with Gasteiger partial charge in [-0.25, -0.2) is 10.0 Å². The molecule has 1 amide bonds. The number of pyridine rings is 1. The lowest BCUT2D eigenvalue weighted by atomic mass is 10.0. The number of fused-ring (bicyclic) bond motifs is 1. The van der Waals surface area contributed by atoms with Crippen LogP contribution in [-0.4, -0.2) is 35.3 Å². The smallest absolute Gasteiger partial charge is 0.278 e. The molecule has 6 nitrogen and oxygen atoms in total. The molecule has 0 atom stereocenters. The van der Waals surface area contributed by atoms with Gasteiger partial charge in [-0.05, 0) is 18.9 Å². The molecule has 2 heterocycles. The van der Waals surface area contributed by atoms with Crippen molar-refractivity contribution in [2.24, 2.45) is 0 Å². The summed E-state index contributed by atoms with van der Waals surface area (Å²) in [6.07, 6.45) is 2.18. The largest absolute Gasteiger partial charge is 0.335 e. The number of benzene rings is 1. The molecule has 0 bridgehead atoms. The number of nitrogens with zero attached hydrogens (tertiary/aromatic N) is 3. The van der Waals surface area contributed by atoms with Crippen LogP contribution in [0.25, 0.3) is 22.4 Å². The van der Waals surface area contributed by atoms with Crippen molar-refractivity contribution < 1.29 is 14.2 Å². The van der Waals surface area contributed by atoms with Crippen molar-refractivity contribution in [1.29, 1.82) is 0 Å². The van der Waals surface area contributed by atoms with Gasteiger partial charge < -0.3 is 4.52 Å². The Bertz CT molecular complexity index is 901. The average Bonchev–Trinajstić information content (AvgIpc) is 3.39. The van der Waals surface area contributed by atoms with Crippen LogP contribution in [0.15, 0.2) is 40.9 Å². The number of hydroxylamine groups is 2. The van der Waals surface area contributed by atoms with E-state index in [1.807, 2.05) is 36.4 Å². The van der Waals surface area contributed by atoms with Gasteiger partial charge in [0, 0.05) is 24.2 Å². The standard InChI is InChI=1S/C18H17N3O3/c1-21(23-2)18(22)13-10-14(11-8-9-11)19-17-15(13)16(20-24-17)12-6-4-3-5-7-12/h3-7,10-11H,8-9H2,1-2H3. The van der Waals surface area contributed by atoms with E-state index in [1.54, 1.807) is 7.05 Å². The van der Waals surface area contributed by atoms with Crippen LogP contribution < -0.4 is 0 Å². The molecule has 1 aliphatic carbocycles. The van der Waals surface area contributed by atoms with Crippen LogP contribution in [0.4, 0.5) is 0 Å². The van der Waals surface area contributed by atoms with E-state index in [1.165, 1.54) is 12.2 Å². The predicted molar refractivity (Wildman–Crippen MR) is 88.3 cm³/mol. The molecule has 122 valence electrons. The Morgan fingerprint density at radius 2 is 2.04 bits per heavy atom. The molecule has 4 rings (SSSR count). The average molecular weight is 323 g/mol. The van der Waals surface area contributed by atoms with Crippen molar-refractivity contribution in [3.8, 4) is 11.3 Å². The van der Waals surface area contributed by atoms with Crippen molar-refractivity contribution in [2.45, 2.75) is 18.8 Å². The second-order valence-electron chi connectivity index (χ2n) is 5.93. The van der Waals surface area contributed by atoms with E-state index in [4.69, 9.17) is 9.36 Å². The second kappa shape index (κ2) is 5.72. The van der Waals surface area contributed by atoms with Gasteiger partial charge in [-0.15, -0.1) is 0 Å². The highest BCUT2D eigenvalue weighted by Gasteiger charge is 2.30. The van der Waals surface area contributed by atoms with Crippen molar-refractivity contribution in [2.75, 3.05) is 14.2 Å². The Hall–Kier alpha value is -2.73. The minimum absolute atomic E-state index is 0.243. The summed E-state index contributed by atoms with van der Waals surface area (Å²) in [6, 6.07) is 11.5.